The average molecular weight is 345 g/mol. The lowest BCUT2D eigenvalue weighted by Crippen LogP contribution is -2.38. The Morgan fingerprint density at radius 2 is 2.00 bits per heavy atom. The third kappa shape index (κ3) is 2.65. The van der Waals surface area contributed by atoms with E-state index in [4.69, 9.17) is 11.6 Å². The second kappa shape index (κ2) is 5.72. The minimum absolute atomic E-state index is 0.0235. The molecule has 0 amide bonds. The summed E-state index contributed by atoms with van der Waals surface area (Å²) in [5.41, 5.74) is 0.241. The Bertz CT molecular complexity index is 935. The van der Waals surface area contributed by atoms with Crippen LogP contribution in [0, 0.1) is 0 Å². The van der Waals surface area contributed by atoms with Gasteiger partial charge in [-0.3, -0.25) is 9.78 Å². The van der Waals surface area contributed by atoms with Gasteiger partial charge in [0.15, 0.2) is 0 Å². The molecular formula is C17H13ClN2O4. The van der Waals surface area contributed by atoms with Gasteiger partial charge in [-0.1, -0.05) is 23.3 Å². The van der Waals surface area contributed by atoms with Crippen molar-refractivity contribution >= 4 is 34.6 Å². The van der Waals surface area contributed by atoms with E-state index in [1.807, 2.05) is 0 Å². The summed E-state index contributed by atoms with van der Waals surface area (Å²) < 4.78 is 0. The first kappa shape index (κ1) is 16.1. The highest BCUT2D eigenvalue weighted by molar-refractivity contribution is 6.31. The number of hydrogen-bond donors (Lipinski definition) is 2. The third-order valence-electron chi connectivity index (χ3n) is 3.96. The number of allylic oxidation sites excluding steroid dienone is 2. The van der Waals surface area contributed by atoms with Crippen LogP contribution in [0.5, 0.6) is 0 Å². The first-order valence-corrected chi connectivity index (χ1v) is 7.49. The molecule has 0 aliphatic heterocycles. The molecule has 1 aliphatic rings. The minimum Gasteiger partial charge on any atom is -0.480 e. The lowest BCUT2D eigenvalue weighted by molar-refractivity contribution is -0.142. The quantitative estimate of drug-likeness (QED) is 0.887. The topological polar surface area (TPSA) is 100 Å². The molecule has 2 aromatic rings. The third-order valence-corrected chi connectivity index (χ3v) is 4.20. The van der Waals surface area contributed by atoms with Gasteiger partial charge < -0.3 is 10.2 Å². The van der Waals surface area contributed by atoms with Crippen molar-refractivity contribution in [3.8, 4) is 0 Å². The molecule has 0 saturated heterocycles. The van der Waals surface area contributed by atoms with Gasteiger partial charge >= 0.3 is 11.9 Å². The molecule has 3 rings (SSSR count). The van der Waals surface area contributed by atoms with Crippen LogP contribution in [0.25, 0.3) is 11.0 Å². The average Bonchev–Trinajstić information content (AvgIpc) is 2.53. The number of halogens is 1. The number of hydrogen-bond acceptors (Lipinski definition) is 4. The van der Waals surface area contributed by atoms with Crippen molar-refractivity contribution in [2.24, 2.45) is 0 Å². The second-order valence-electron chi connectivity index (χ2n) is 5.70. The highest BCUT2D eigenvalue weighted by Crippen LogP contribution is 2.37. The van der Waals surface area contributed by atoms with E-state index in [-0.39, 0.29) is 17.7 Å². The van der Waals surface area contributed by atoms with Crippen LogP contribution in [-0.4, -0.2) is 32.1 Å². The van der Waals surface area contributed by atoms with E-state index in [1.165, 1.54) is 18.3 Å². The molecule has 0 spiro atoms. The molecule has 1 heterocycles. The fraction of sp³-hybridized carbons (Fsp3) is 0.176. The second-order valence-corrected chi connectivity index (χ2v) is 6.14. The molecule has 1 aliphatic carbocycles. The van der Waals surface area contributed by atoms with Crippen LogP contribution in [0.15, 0.2) is 47.7 Å². The summed E-state index contributed by atoms with van der Waals surface area (Å²) in [4.78, 5) is 32.0. The van der Waals surface area contributed by atoms with Crippen molar-refractivity contribution in [3.63, 3.8) is 0 Å². The molecule has 2 N–H and O–H groups in total. The van der Waals surface area contributed by atoms with Crippen LogP contribution >= 0.6 is 11.6 Å². The molecule has 24 heavy (non-hydrogen) atoms. The standard InChI is InChI=1S/C17H13ClN2O4/c1-9-4-10(15(21)22)7-17(6-9,16(23)24)14-8-19-13-5-11(18)2-3-12(13)20-14/h2-6,8H,7H2,1H3,(H,21,22)(H,23,24). The van der Waals surface area contributed by atoms with Gasteiger partial charge in [0.25, 0.3) is 0 Å². The molecule has 6 nitrogen and oxygen atoms in total. The van der Waals surface area contributed by atoms with Gasteiger partial charge in [-0.25, -0.2) is 9.78 Å². The molecule has 1 atom stereocenters. The summed E-state index contributed by atoms with van der Waals surface area (Å²) in [7, 11) is 0. The summed E-state index contributed by atoms with van der Waals surface area (Å²) in [5.74, 6) is -2.31. The van der Waals surface area contributed by atoms with Crippen molar-refractivity contribution in [2.45, 2.75) is 18.8 Å². The van der Waals surface area contributed by atoms with E-state index in [9.17, 15) is 19.8 Å². The number of carbonyl (C=O) groups is 2. The van der Waals surface area contributed by atoms with Gasteiger partial charge in [-0.15, -0.1) is 0 Å². The number of rotatable bonds is 3. The summed E-state index contributed by atoms with van der Waals surface area (Å²) >= 11 is 5.91. The zero-order chi connectivity index (χ0) is 17.5. The minimum atomic E-state index is -1.56. The van der Waals surface area contributed by atoms with Crippen molar-refractivity contribution in [2.75, 3.05) is 0 Å². The van der Waals surface area contributed by atoms with Crippen LogP contribution in [-0.2, 0) is 15.0 Å². The van der Waals surface area contributed by atoms with E-state index in [0.717, 1.165) is 0 Å². The summed E-state index contributed by atoms with van der Waals surface area (Å²) in [5, 5.41) is 19.6. The Hall–Kier alpha value is -2.73. The van der Waals surface area contributed by atoms with E-state index in [1.54, 1.807) is 25.1 Å². The van der Waals surface area contributed by atoms with Crippen LogP contribution in [0.3, 0.4) is 0 Å². The largest absolute Gasteiger partial charge is 0.480 e. The number of carboxylic acid groups (broad SMARTS) is 2. The van der Waals surface area contributed by atoms with Gasteiger partial charge in [-0.05, 0) is 31.2 Å². The van der Waals surface area contributed by atoms with E-state index in [0.29, 0.717) is 21.6 Å². The molecule has 0 radical (unpaired) electrons. The number of nitrogens with zero attached hydrogens (tertiary/aromatic N) is 2. The van der Waals surface area contributed by atoms with Gasteiger partial charge in [0.2, 0.25) is 0 Å². The lowest BCUT2D eigenvalue weighted by atomic mass is 9.74. The molecule has 122 valence electrons. The number of aliphatic carboxylic acids is 2. The lowest BCUT2D eigenvalue weighted by Gasteiger charge is -2.29. The first-order chi connectivity index (χ1) is 11.3. The summed E-state index contributed by atoms with van der Waals surface area (Å²) in [6.45, 7) is 1.66. The maximum atomic E-state index is 12.0. The van der Waals surface area contributed by atoms with Gasteiger partial charge in [0.1, 0.15) is 5.41 Å². The molecular weight excluding hydrogens is 332 g/mol. The van der Waals surface area contributed by atoms with Gasteiger partial charge in [0.05, 0.1) is 22.9 Å². The van der Waals surface area contributed by atoms with E-state index in [2.05, 4.69) is 9.97 Å². The number of carboxylic acids is 2. The molecule has 1 aromatic carbocycles. The monoisotopic (exact) mass is 344 g/mol. The molecule has 0 fully saturated rings. The fourth-order valence-corrected chi connectivity index (χ4v) is 3.02. The fourth-order valence-electron chi connectivity index (χ4n) is 2.86. The zero-order valence-electron chi connectivity index (χ0n) is 12.7. The highest BCUT2D eigenvalue weighted by Gasteiger charge is 2.44. The Balaban J connectivity index is 2.19. The first-order valence-electron chi connectivity index (χ1n) is 7.11. The predicted octanol–water partition coefficient (Wildman–Crippen LogP) is 2.97. The van der Waals surface area contributed by atoms with Crippen LogP contribution < -0.4 is 0 Å². The number of fused-ring (bicyclic) bond motifs is 1. The summed E-state index contributed by atoms with van der Waals surface area (Å²) in [6, 6.07) is 4.92. The Morgan fingerprint density at radius 1 is 1.25 bits per heavy atom. The Labute approximate surface area is 142 Å². The number of aromatic nitrogens is 2. The van der Waals surface area contributed by atoms with Crippen molar-refractivity contribution in [3.05, 3.63) is 58.4 Å². The smallest absolute Gasteiger partial charge is 0.331 e. The maximum absolute atomic E-state index is 12.0. The van der Waals surface area contributed by atoms with Crippen LogP contribution in [0.1, 0.15) is 19.0 Å². The normalized spacial score (nSPS) is 20.4. The predicted molar refractivity (Wildman–Crippen MR) is 88.0 cm³/mol. The van der Waals surface area contributed by atoms with Crippen molar-refractivity contribution < 1.29 is 19.8 Å². The Morgan fingerprint density at radius 3 is 2.67 bits per heavy atom. The van der Waals surface area contributed by atoms with E-state index < -0.39 is 17.4 Å². The van der Waals surface area contributed by atoms with Crippen LogP contribution in [0.4, 0.5) is 0 Å². The zero-order valence-corrected chi connectivity index (χ0v) is 13.4. The van der Waals surface area contributed by atoms with E-state index >= 15 is 0 Å². The molecule has 1 unspecified atom stereocenters. The van der Waals surface area contributed by atoms with Gasteiger partial charge in [0, 0.05) is 17.0 Å². The molecule has 0 saturated carbocycles. The van der Waals surface area contributed by atoms with Crippen molar-refractivity contribution in [1.82, 2.24) is 9.97 Å². The highest BCUT2D eigenvalue weighted by atomic mass is 35.5. The van der Waals surface area contributed by atoms with Gasteiger partial charge in [-0.2, -0.15) is 0 Å². The van der Waals surface area contributed by atoms with Crippen molar-refractivity contribution in [1.29, 1.82) is 0 Å². The molecule has 0 bridgehead atoms. The number of benzene rings is 1. The maximum Gasteiger partial charge on any atom is 0.331 e. The van der Waals surface area contributed by atoms with Crippen LogP contribution in [0.2, 0.25) is 5.02 Å². The SMILES string of the molecule is CC1=CC(C(=O)O)(c2cnc3cc(Cl)ccc3n2)CC(C(=O)O)=C1. The Kier molecular flexibility index (Phi) is 3.85. The molecule has 7 heteroatoms. The molecule has 1 aromatic heterocycles. The summed E-state index contributed by atoms with van der Waals surface area (Å²) in [6.07, 6.45) is 4.16.